The molecule has 0 atom stereocenters. The van der Waals surface area contributed by atoms with Gasteiger partial charge >= 0.3 is 18.3 Å². The van der Waals surface area contributed by atoms with Gasteiger partial charge in [0.15, 0.2) is 12.3 Å². The minimum absolute atomic E-state index is 0.130. The molecule has 0 unspecified atom stereocenters. The van der Waals surface area contributed by atoms with Gasteiger partial charge in [-0.05, 0) is 18.2 Å². The molecule has 38 heavy (non-hydrogen) atoms. The summed E-state index contributed by atoms with van der Waals surface area (Å²) >= 11 is 0. The molecule has 0 aliphatic heterocycles. The first-order valence-electron chi connectivity index (χ1n) is 10.5. The van der Waals surface area contributed by atoms with Crippen molar-refractivity contribution in [2.45, 2.75) is 18.3 Å². The standard InChI is InChI=1S/C22H17F8N5O3/c23-20(24,22(28,29)30)12-38-16-7-6-13(10-33-16)18(36)31-8-9-32-19(37)15-11-35(14-4-2-1-3-5-14)34-17(15)21(25,26)27/h1-7,10-11H,8-9,12H2,(H,31,36)(H,32,37). The largest absolute Gasteiger partial charge is 0.471 e. The third-order valence-corrected chi connectivity index (χ3v) is 4.76. The van der Waals surface area contributed by atoms with Crippen LogP contribution in [0.4, 0.5) is 35.1 Å². The fourth-order valence-corrected chi connectivity index (χ4v) is 2.86. The molecule has 3 aromatic rings. The first kappa shape index (κ1) is 28.3. The third kappa shape index (κ3) is 6.95. The van der Waals surface area contributed by atoms with E-state index in [4.69, 9.17) is 0 Å². The molecule has 1 aromatic carbocycles. The van der Waals surface area contributed by atoms with Crippen LogP contribution in [0, 0.1) is 0 Å². The summed E-state index contributed by atoms with van der Waals surface area (Å²) in [6.45, 7) is -2.51. The Balaban J connectivity index is 1.53. The molecule has 3 rings (SSSR count). The van der Waals surface area contributed by atoms with Crippen molar-refractivity contribution >= 4 is 11.8 Å². The molecule has 0 fully saturated rings. The van der Waals surface area contributed by atoms with Crippen LogP contribution >= 0.6 is 0 Å². The second-order valence-corrected chi connectivity index (χ2v) is 7.56. The van der Waals surface area contributed by atoms with Crippen LogP contribution in [0.5, 0.6) is 5.88 Å². The highest BCUT2D eigenvalue weighted by molar-refractivity contribution is 5.96. The minimum atomic E-state index is -5.81. The van der Waals surface area contributed by atoms with Crippen LogP contribution in [0.2, 0.25) is 0 Å². The molecule has 2 amide bonds. The average Bonchev–Trinajstić information content (AvgIpc) is 3.32. The van der Waals surface area contributed by atoms with Gasteiger partial charge in [-0.25, -0.2) is 9.67 Å². The van der Waals surface area contributed by atoms with E-state index in [1.165, 1.54) is 12.1 Å². The van der Waals surface area contributed by atoms with Crippen molar-refractivity contribution < 1.29 is 49.4 Å². The summed E-state index contributed by atoms with van der Waals surface area (Å²) in [6, 6.07) is 9.73. The lowest BCUT2D eigenvalue weighted by Crippen LogP contribution is -2.41. The van der Waals surface area contributed by atoms with Crippen molar-refractivity contribution in [3.05, 3.63) is 71.7 Å². The second kappa shape index (κ2) is 11.0. The van der Waals surface area contributed by atoms with E-state index in [0.717, 1.165) is 29.2 Å². The predicted octanol–water partition coefficient (Wildman–Crippen LogP) is 4.02. The summed E-state index contributed by atoms with van der Waals surface area (Å²) < 4.78 is 108. The van der Waals surface area contributed by atoms with E-state index in [2.05, 4.69) is 25.5 Å². The number of aromatic nitrogens is 3. The molecule has 2 aromatic heterocycles. The highest BCUT2D eigenvalue weighted by atomic mass is 19.4. The van der Waals surface area contributed by atoms with Gasteiger partial charge < -0.3 is 15.4 Å². The lowest BCUT2D eigenvalue weighted by Gasteiger charge is -2.19. The van der Waals surface area contributed by atoms with Crippen molar-refractivity contribution in [2.75, 3.05) is 19.7 Å². The van der Waals surface area contributed by atoms with Gasteiger partial charge in [0, 0.05) is 31.5 Å². The molecule has 0 saturated carbocycles. The van der Waals surface area contributed by atoms with Gasteiger partial charge in [0.25, 0.3) is 11.8 Å². The molecule has 204 valence electrons. The quantitative estimate of drug-likeness (QED) is 0.309. The number of alkyl halides is 8. The predicted molar refractivity (Wildman–Crippen MR) is 114 cm³/mol. The number of nitrogens with zero attached hydrogens (tertiary/aromatic N) is 3. The summed E-state index contributed by atoms with van der Waals surface area (Å²) in [4.78, 5) is 28.0. The minimum Gasteiger partial charge on any atom is -0.471 e. The molecular weight excluding hydrogens is 534 g/mol. The molecular formula is C22H17F8N5O3. The zero-order chi connectivity index (χ0) is 28.1. The Morgan fingerprint density at radius 1 is 0.868 bits per heavy atom. The Bertz CT molecular complexity index is 1260. The topological polar surface area (TPSA) is 98.1 Å². The Kier molecular flexibility index (Phi) is 8.22. The number of hydrogen-bond donors (Lipinski definition) is 2. The number of nitrogens with one attached hydrogen (secondary N) is 2. The lowest BCUT2D eigenvalue weighted by atomic mass is 10.2. The van der Waals surface area contributed by atoms with E-state index in [1.807, 2.05) is 0 Å². The monoisotopic (exact) mass is 551 g/mol. The molecule has 0 spiro atoms. The van der Waals surface area contributed by atoms with Crippen LogP contribution in [0.3, 0.4) is 0 Å². The number of benzene rings is 1. The molecule has 0 saturated heterocycles. The van der Waals surface area contributed by atoms with E-state index in [9.17, 15) is 44.7 Å². The number of carbonyl (C=O) groups is 2. The zero-order valence-electron chi connectivity index (χ0n) is 18.9. The zero-order valence-corrected chi connectivity index (χ0v) is 18.9. The first-order chi connectivity index (χ1) is 17.7. The van der Waals surface area contributed by atoms with Crippen LogP contribution in [0.25, 0.3) is 5.69 Å². The maximum atomic E-state index is 13.4. The maximum Gasteiger partial charge on any atom is 0.456 e. The Morgan fingerprint density at radius 2 is 1.50 bits per heavy atom. The first-order valence-corrected chi connectivity index (χ1v) is 10.5. The van der Waals surface area contributed by atoms with Gasteiger partial charge in [-0.1, -0.05) is 18.2 Å². The number of pyridine rings is 1. The van der Waals surface area contributed by atoms with Crippen molar-refractivity contribution in [2.24, 2.45) is 0 Å². The Labute approximate surface area is 208 Å². The smallest absolute Gasteiger partial charge is 0.456 e. The highest BCUT2D eigenvalue weighted by Gasteiger charge is 2.58. The van der Waals surface area contributed by atoms with Crippen LogP contribution in [-0.2, 0) is 6.18 Å². The van der Waals surface area contributed by atoms with E-state index >= 15 is 0 Å². The van der Waals surface area contributed by atoms with Gasteiger partial charge in [0.05, 0.1) is 16.8 Å². The van der Waals surface area contributed by atoms with Gasteiger partial charge in [0.2, 0.25) is 5.88 Å². The molecule has 0 aliphatic rings. The third-order valence-electron chi connectivity index (χ3n) is 4.76. The van der Waals surface area contributed by atoms with E-state index in [0.29, 0.717) is 5.69 Å². The molecule has 2 heterocycles. The normalized spacial score (nSPS) is 12.2. The van der Waals surface area contributed by atoms with E-state index in [1.54, 1.807) is 18.2 Å². The number of rotatable bonds is 9. The van der Waals surface area contributed by atoms with Crippen molar-refractivity contribution in [1.82, 2.24) is 25.4 Å². The van der Waals surface area contributed by atoms with Gasteiger partial charge in [-0.15, -0.1) is 0 Å². The number of ether oxygens (including phenoxy) is 1. The molecule has 0 bridgehead atoms. The SMILES string of the molecule is O=C(NCCNC(=O)c1cn(-c2ccccc2)nc1C(F)(F)F)c1ccc(OCC(F)(F)C(F)(F)F)nc1. The summed E-state index contributed by atoms with van der Waals surface area (Å²) in [5.41, 5.74) is -1.97. The van der Waals surface area contributed by atoms with Crippen LogP contribution in [0.1, 0.15) is 26.4 Å². The molecule has 16 heteroatoms. The van der Waals surface area contributed by atoms with Crippen LogP contribution in [0.15, 0.2) is 54.9 Å². The highest BCUT2D eigenvalue weighted by Crippen LogP contribution is 2.35. The number of halogens is 8. The van der Waals surface area contributed by atoms with E-state index < -0.39 is 53.8 Å². The molecule has 0 radical (unpaired) electrons. The van der Waals surface area contributed by atoms with E-state index in [-0.39, 0.29) is 18.7 Å². The van der Waals surface area contributed by atoms with Gasteiger partial charge in [-0.2, -0.15) is 40.2 Å². The summed E-state index contributed by atoms with van der Waals surface area (Å²) in [7, 11) is 0. The summed E-state index contributed by atoms with van der Waals surface area (Å²) in [6.07, 6.45) is -8.94. The number of para-hydroxylation sites is 1. The number of hydrogen-bond acceptors (Lipinski definition) is 5. The second-order valence-electron chi connectivity index (χ2n) is 7.56. The molecule has 2 N–H and O–H groups in total. The number of carbonyl (C=O) groups excluding carboxylic acids is 2. The van der Waals surface area contributed by atoms with Gasteiger partial charge in [0.1, 0.15) is 0 Å². The fraction of sp³-hybridized carbons (Fsp3) is 0.273. The fourth-order valence-electron chi connectivity index (χ4n) is 2.86. The Hall–Kier alpha value is -4.24. The van der Waals surface area contributed by atoms with Crippen LogP contribution < -0.4 is 15.4 Å². The van der Waals surface area contributed by atoms with Crippen molar-refractivity contribution in [3.63, 3.8) is 0 Å². The van der Waals surface area contributed by atoms with Crippen molar-refractivity contribution in [3.8, 4) is 11.6 Å². The Morgan fingerprint density at radius 3 is 2.05 bits per heavy atom. The summed E-state index contributed by atoms with van der Waals surface area (Å²) in [5, 5.41) is 8.02. The molecule has 0 aliphatic carbocycles. The molecule has 8 nitrogen and oxygen atoms in total. The average molecular weight is 551 g/mol. The lowest BCUT2D eigenvalue weighted by molar-refractivity contribution is -0.290. The summed E-state index contributed by atoms with van der Waals surface area (Å²) in [5.74, 6) is -7.55. The van der Waals surface area contributed by atoms with Gasteiger partial charge in [-0.3, -0.25) is 9.59 Å². The van der Waals surface area contributed by atoms with Crippen LogP contribution in [-0.4, -0.2) is 58.4 Å². The number of amides is 2. The maximum absolute atomic E-state index is 13.4. The van der Waals surface area contributed by atoms with Crippen molar-refractivity contribution in [1.29, 1.82) is 0 Å².